The minimum Gasteiger partial charge on any atom is -0.0625 e. The number of rotatable bonds is 2. The Balaban J connectivity index is 2.60. The van der Waals surface area contributed by atoms with E-state index in [1.807, 2.05) is 0 Å². The van der Waals surface area contributed by atoms with E-state index in [1.165, 1.54) is 19.3 Å². The Morgan fingerprint density at radius 1 is 1.23 bits per heavy atom. The molecule has 0 saturated heterocycles. The van der Waals surface area contributed by atoms with Gasteiger partial charge in [0.15, 0.2) is 0 Å². The van der Waals surface area contributed by atoms with Crippen molar-refractivity contribution in [3.8, 4) is 0 Å². The monoisotopic (exact) mass is 328 g/mol. The van der Waals surface area contributed by atoms with Crippen molar-refractivity contribution in [1.82, 2.24) is 0 Å². The molecule has 13 heavy (non-hydrogen) atoms. The summed E-state index contributed by atoms with van der Waals surface area (Å²) in [7, 11) is 0. The van der Waals surface area contributed by atoms with E-state index in [9.17, 15) is 0 Å². The lowest BCUT2D eigenvalue weighted by atomic mass is 9.77. The second kappa shape index (κ2) is 5.47. The summed E-state index contributed by atoms with van der Waals surface area (Å²) in [4.78, 5) is 0. The largest absolute Gasteiger partial charge is 0.0625 e. The minimum atomic E-state index is -0.0920. The maximum atomic E-state index is 3.75. The van der Waals surface area contributed by atoms with Gasteiger partial charge in [-0.1, -0.05) is 27.2 Å². The van der Waals surface area contributed by atoms with E-state index < -0.39 is 0 Å². The molecule has 0 bridgehead atoms. The normalized spacial score (nSPS) is 35.8. The molecule has 3 heteroatoms. The van der Waals surface area contributed by atoms with Crippen molar-refractivity contribution in [2.24, 2.45) is 17.8 Å². The first-order valence-electron chi connectivity index (χ1n) is 5.13. The molecule has 0 amide bonds. The van der Waals surface area contributed by atoms with Crippen LogP contribution in [0.25, 0.3) is 0 Å². The van der Waals surface area contributed by atoms with Crippen LogP contribution in [0.4, 0.5) is 0 Å². The van der Waals surface area contributed by atoms with E-state index in [0.29, 0.717) is 0 Å². The molecule has 3 atom stereocenters. The summed E-state index contributed by atoms with van der Waals surface area (Å²) in [5.74, 6) is 2.71. The summed E-state index contributed by atoms with van der Waals surface area (Å²) in [6.45, 7) is 7.13. The highest BCUT2D eigenvalue weighted by Gasteiger charge is 2.33. The average Bonchev–Trinajstić information content (AvgIpc) is 2.03. The van der Waals surface area contributed by atoms with Gasteiger partial charge in [-0.2, -0.15) is 0 Å². The second-order valence-corrected chi connectivity index (χ2v) is 13.3. The fraction of sp³-hybridized carbons (Fsp3) is 1.00. The molecule has 1 saturated carbocycles. The number of hydrogen-bond donors (Lipinski definition) is 0. The highest BCUT2D eigenvalue weighted by Crippen LogP contribution is 2.63. The molecule has 1 aliphatic carbocycles. The zero-order valence-corrected chi connectivity index (χ0v) is 12.7. The molecule has 0 aliphatic heterocycles. The molecule has 0 aromatic rings. The van der Waals surface area contributed by atoms with Crippen molar-refractivity contribution >= 4 is 36.3 Å². The summed E-state index contributed by atoms with van der Waals surface area (Å²) >= 11 is 7.51. The Kier molecular flexibility index (Phi) is 5.24. The van der Waals surface area contributed by atoms with Crippen LogP contribution in [0.15, 0.2) is 0 Å². The summed E-state index contributed by atoms with van der Waals surface area (Å²) in [6.07, 6.45) is 4.27. The third kappa shape index (κ3) is 3.47. The molecular weight excluding hydrogens is 311 g/mol. The van der Waals surface area contributed by atoms with Gasteiger partial charge in [0.05, 0.1) is 0 Å². The maximum absolute atomic E-state index is 3.75. The lowest BCUT2D eigenvalue weighted by Gasteiger charge is -2.38. The van der Waals surface area contributed by atoms with Crippen molar-refractivity contribution < 1.29 is 0 Å². The third-order valence-electron chi connectivity index (χ3n) is 3.24. The molecule has 0 aromatic heterocycles. The van der Waals surface area contributed by atoms with Crippen molar-refractivity contribution in [2.75, 3.05) is 0 Å². The molecule has 0 heterocycles. The zero-order valence-electron chi connectivity index (χ0n) is 8.63. The first kappa shape index (κ1) is 12.5. The average molecular weight is 330 g/mol. The molecule has 1 rings (SSSR count). The fourth-order valence-corrected chi connectivity index (χ4v) is 6.50. The molecule has 0 aromatic carbocycles. The standard InChI is InChI=1S/C10H19Br2P/c1-7(2)9-5-4-8(3)6-10(9)13(11)12/h7-10H,4-6H2,1-3H3. The van der Waals surface area contributed by atoms with E-state index in [-0.39, 0.29) is 5.33 Å². The van der Waals surface area contributed by atoms with Crippen LogP contribution < -0.4 is 0 Å². The van der Waals surface area contributed by atoms with Crippen molar-refractivity contribution in [3.63, 3.8) is 0 Å². The lowest BCUT2D eigenvalue weighted by molar-refractivity contribution is 0.243. The summed E-state index contributed by atoms with van der Waals surface area (Å²) in [5.41, 5.74) is 0.888. The van der Waals surface area contributed by atoms with Gasteiger partial charge in [-0.05, 0) is 61.6 Å². The SMILES string of the molecule is CC1CCC(C(C)C)C(P(Br)Br)C1. The lowest BCUT2D eigenvalue weighted by Crippen LogP contribution is -2.29. The van der Waals surface area contributed by atoms with E-state index in [4.69, 9.17) is 0 Å². The number of halogens is 2. The Bertz CT molecular complexity index is 159. The van der Waals surface area contributed by atoms with Crippen LogP contribution in [0.2, 0.25) is 0 Å². The first-order valence-corrected chi connectivity index (χ1v) is 10.6. The van der Waals surface area contributed by atoms with Crippen molar-refractivity contribution in [2.45, 2.75) is 45.7 Å². The second-order valence-electron chi connectivity index (χ2n) is 4.65. The molecule has 0 nitrogen and oxygen atoms in total. The van der Waals surface area contributed by atoms with Crippen LogP contribution in [-0.4, -0.2) is 5.66 Å². The molecule has 3 unspecified atom stereocenters. The highest BCUT2D eigenvalue weighted by molar-refractivity contribution is 9.69. The van der Waals surface area contributed by atoms with E-state index in [1.54, 1.807) is 0 Å². The van der Waals surface area contributed by atoms with Gasteiger partial charge in [0.2, 0.25) is 0 Å². The van der Waals surface area contributed by atoms with Crippen LogP contribution in [0.5, 0.6) is 0 Å². The van der Waals surface area contributed by atoms with Gasteiger partial charge in [-0.25, -0.2) is 0 Å². The molecule has 78 valence electrons. The maximum Gasteiger partial charge on any atom is 0.0381 e. The summed E-state index contributed by atoms with van der Waals surface area (Å²) in [6, 6.07) is 0. The summed E-state index contributed by atoms with van der Waals surface area (Å²) < 4.78 is 0. The van der Waals surface area contributed by atoms with E-state index in [0.717, 1.165) is 23.4 Å². The molecule has 0 spiro atoms. The van der Waals surface area contributed by atoms with Crippen LogP contribution in [0, 0.1) is 17.8 Å². The van der Waals surface area contributed by atoms with Gasteiger partial charge in [0.1, 0.15) is 0 Å². The molecule has 0 N–H and O–H groups in total. The van der Waals surface area contributed by atoms with E-state index in [2.05, 4.69) is 51.7 Å². The predicted molar refractivity (Wildman–Crippen MR) is 69.9 cm³/mol. The highest BCUT2D eigenvalue weighted by atomic mass is 79.9. The van der Waals surface area contributed by atoms with Crippen molar-refractivity contribution in [1.29, 1.82) is 0 Å². The van der Waals surface area contributed by atoms with Gasteiger partial charge >= 0.3 is 0 Å². The van der Waals surface area contributed by atoms with Crippen LogP contribution in [0.3, 0.4) is 0 Å². The quantitative estimate of drug-likeness (QED) is 0.583. The predicted octanol–water partition coefficient (Wildman–Crippen LogP) is 5.55. The summed E-state index contributed by atoms with van der Waals surface area (Å²) in [5, 5.41) is -0.0920. The molecule has 1 aliphatic rings. The minimum absolute atomic E-state index is 0.0920. The molecule has 0 radical (unpaired) electrons. The van der Waals surface area contributed by atoms with Crippen LogP contribution in [-0.2, 0) is 0 Å². The van der Waals surface area contributed by atoms with Gasteiger partial charge < -0.3 is 0 Å². The fourth-order valence-electron chi connectivity index (χ4n) is 2.38. The first-order chi connectivity index (χ1) is 6.02. The van der Waals surface area contributed by atoms with Gasteiger partial charge in [-0.3, -0.25) is 0 Å². The Hall–Kier alpha value is 1.39. The molecular formula is C10H19Br2P. The van der Waals surface area contributed by atoms with E-state index >= 15 is 0 Å². The molecule has 1 fully saturated rings. The topological polar surface area (TPSA) is 0 Å². The smallest absolute Gasteiger partial charge is 0.0381 e. The van der Waals surface area contributed by atoms with Crippen molar-refractivity contribution in [3.05, 3.63) is 0 Å². The van der Waals surface area contributed by atoms with Gasteiger partial charge in [0, 0.05) is 11.0 Å². The van der Waals surface area contributed by atoms with Gasteiger partial charge in [0.25, 0.3) is 0 Å². The Labute approximate surface area is 99.5 Å². The van der Waals surface area contributed by atoms with Crippen LogP contribution >= 0.6 is 36.3 Å². The zero-order chi connectivity index (χ0) is 10.0. The van der Waals surface area contributed by atoms with Gasteiger partial charge in [-0.15, -0.1) is 0 Å². The number of hydrogen-bond acceptors (Lipinski definition) is 0. The third-order valence-corrected chi connectivity index (χ3v) is 7.49. The Morgan fingerprint density at radius 3 is 2.31 bits per heavy atom. The Morgan fingerprint density at radius 2 is 1.85 bits per heavy atom. The van der Waals surface area contributed by atoms with Crippen LogP contribution in [0.1, 0.15) is 40.0 Å².